The molecule has 3 aromatic rings. The Morgan fingerprint density at radius 1 is 1.30 bits per heavy atom. The van der Waals surface area contributed by atoms with E-state index >= 15 is 0 Å². The van der Waals surface area contributed by atoms with Gasteiger partial charge in [-0.25, -0.2) is 4.79 Å². The number of carbonyl (C=O) groups is 1. The summed E-state index contributed by atoms with van der Waals surface area (Å²) in [7, 11) is 1.63. The number of benzene rings is 1. The lowest BCUT2D eigenvalue weighted by Gasteiger charge is -2.07. The van der Waals surface area contributed by atoms with E-state index in [0.717, 1.165) is 22.0 Å². The van der Waals surface area contributed by atoms with Gasteiger partial charge >= 0.3 is 5.97 Å². The molecule has 0 radical (unpaired) electrons. The van der Waals surface area contributed by atoms with E-state index in [1.165, 1.54) is 0 Å². The van der Waals surface area contributed by atoms with Crippen molar-refractivity contribution < 1.29 is 14.6 Å². The predicted molar refractivity (Wildman–Crippen MR) is 91.3 cm³/mol. The Hall–Kier alpha value is -2.37. The van der Waals surface area contributed by atoms with E-state index in [1.807, 2.05) is 34.9 Å². The van der Waals surface area contributed by atoms with Gasteiger partial charge in [-0.1, -0.05) is 18.2 Å². The molecule has 2 heterocycles. The Bertz CT molecular complexity index is 815. The maximum Gasteiger partial charge on any atom is 0.337 e. The van der Waals surface area contributed by atoms with Gasteiger partial charge in [-0.3, -0.25) is 4.98 Å². The van der Waals surface area contributed by atoms with E-state index in [1.54, 1.807) is 25.7 Å². The van der Waals surface area contributed by atoms with Crippen LogP contribution in [-0.2, 0) is 11.3 Å². The number of ether oxygens (including phenoxy) is 1. The number of nitrogens with zero attached hydrogens (tertiary/aromatic N) is 2. The van der Waals surface area contributed by atoms with Gasteiger partial charge in [0.05, 0.1) is 12.2 Å². The fourth-order valence-corrected chi connectivity index (χ4v) is 2.65. The monoisotopic (exact) mass is 332 g/mol. The van der Waals surface area contributed by atoms with Crippen LogP contribution in [0.2, 0.25) is 0 Å². The molecule has 0 fully saturated rings. The first-order valence-electron chi connectivity index (χ1n) is 6.97. The molecule has 23 heavy (non-hydrogen) atoms. The van der Waals surface area contributed by atoms with E-state index in [0.29, 0.717) is 18.7 Å². The quantitative estimate of drug-likeness (QED) is 0.777. The lowest BCUT2D eigenvalue weighted by atomic mass is 10.0. The van der Waals surface area contributed by atoms with Gasteiger partial charge in [-0.2, -0.15) is 0 Å². The number of pyridine rings is 1. The van der Waals surface area contributed by atoms with Crippen LogP contribution in [0.5, 0.6) is 0 Å². The van der Waals surface area contributed by atoms with Crippen LogP contribution >= 0.6 is 12.4 Å². The SMILES string of the molecule is COCCn1cc(C(=O)O)c2c(-c3cccnc3)cccc21.Cl. The summed E-state index contributed by atoms with van der Waals surface area (Å²) in [6.45, 7) is 1.14. The molecule has 0 bridgehead atoms. The van der Waals surface area contributed by atoms with Crippen LogP contribution in [0.4, 0.5) is 0 Å². The Kier molecular flexibility index (Phi) is 5.36. The molecule has 0 saturated heterocycles. The van der Waals surface area contributed by atoms with Gasteiger partial charge in [0.1, 0.15) is 0 Å². The van der Waals surface area contributed by atoms with Gasteiger partial charge in [0, 0.05) is 48.7 Å². The summed E-state index contributed by atoms with van der Waals surface area (Å²) < 4.78 is 7.02. The van der Waals surface area contributed by atoms with Gasteiger partial charge < -0.3 is 14.4 Å². The standard InChI is InChI=1S/C17H16N2O3.ClH/c1-22-9-8-19-11-14(17(20)21)16-13(5-2-6-15(16)19)12-4-3-7-18-10-12;/h2-7,10-11H,8-9H2,1H3,(H,20,21);1H. The number of aromatic nitrogens is 2. The molecule has 120 valence electrons. The molecular formula is C17H17ClN2O3. The molecule has 0 aliphatic heterocycles. The summed E-state index contributed by atoms with van der Waals surface area (Å²) >= 11 is 0. The summed E-state index contributed by atoms with van der Waals surface area (Å²) in [6, 6.07) is 9.56. The fourth-order valence-electron chi connectivity index (χ4n) is 2.65. The van der Waals surface area contributed by atoms with Crippen LogP contribution in [0.3, 0.4) is 0 Å². The Morgan fingerprint density at radius 3 is 2.78 bits per heavy atom. The number of halogens is 1. The largest absolute Gasteiger partial charge is 0.478 e. The molecule has 1 aromatic carbocycles. The lowest BCUT2D eigenvalue weighted by molar-refractivity contribution is 0.0698. The Labute approximate surface area is 139 Å². The molecule has 3 rings (SSSR count). The molecule has 1 N–H and O–H groups in total. The van der Waals surface area contributed by atoms with Gasteiger partial charge in [0.25, 0.3) is 0 Å². The first kappa shape index (κ1) is 17.0. The summed E-state index contributed by atoms with van der Waals surface area (Å²) in [6.07, 6.45) is 5.12. The maximum atomic E-state index is 11.6. The van der Waals surface area contributed by atoms with Crippen LogP contribution in [0, 0.1) is 0 Å². The van der Waals surface area contributed by atoms with Crippen molar-refractivity contribution >= 4 is 29.3 Å². The van der Waals surface area contributed by atoms with Crippen LogP contribution in [0.1, 0.15) is 10.4 Å². The third-order valence-corrected chi connectivity index (χ3v) is 3.65. The van der Waals surface area contributed by atoms with Crippen molar-refractivity contribution in [1.82, 2.24) is 9.55 Å². The maximum absolute atomic E-state index is 11.6. The molecule has 0 saturated carbocycles. The minimum atomic E-state index is -0.933. The third-order valence-electron chi connectivity index (χ3n) is 3.65. The molecule has 2 aromatic heterocycles. The minimum absolute atomic E-state index is 0. The van der Waals surface area contributed by atoms with Gasteiger partial charge in [-0.05, 0) is 17.7 Å². The van der Waals surface area contributed by atoms with Gasteiger partial charge in [-0.15, -0.1) is 12.4 Å². The molecular weight excluding hydrogens is 316 g/mol. The highest BCUT2D eigenvalue weighted by Gasteiger charge is 2.17. The Morgan fingerprint density at radius 2 is 2.13 bits per heavy atom. The van der Waals surface area contributed by atoms with Crippen LogP contribution in [-0.4, -0.2) is 34.3 Å². The van der Waals surface area contributed by atoms with Gasteiger partial charge in [0.2, 0.25) is 0 Å². The zero-order valence-corrected chi connectivity index (χ0v) is 13.4. The van der Waals surface area contributed by atoms with Crippen LogP contribution in [0.25, 0.3) is 22.0 Å². The predicted octanol–water partition coefficient (Wildman–Crippen LogP) is 3.47. The summed E-state index contributed by atoms with van der Waals surface area (Å²) in [5, 5.41) is 10.3. The van der Waals surface area contributed by atoms with Crippen molar-refractivity contribution in [3.8, 4) is 11.1 Å². The van der Waals surface area contributed by atoms with E-state index < -0.39 is 5.97 Å². The number of hydrogen-bond acceptors (Lipinski definition) is 3. The minimum Gasteiger partial charge on any atom is -0.478 e. The average Bonchev–Trinajstić information content (AvgIpc) is 2.93. The number of carboxylic acid groups (broad SMARTS) is 1. The number of rotatable bonds is 5. The summed E-state index contributed by atoms with van der Waals surface area (Å²) in [5.74, 6) is -0.933. The van der Waals surface area contributed by atoms with Crippen LogP contribution in [0.15, 0.2) is 48.9 Å². The Balaban J connectivity index is 0.00000192. The second kappa shape index (κ2) is 7.26. The number of aromatic carboxylic acids is 1. The van der Waals surface area contributed by atoms with Crippen molar-refractivity contribution in [2.75, 3.05) is 13.7 Å². The number of carboxylic acids is 1. The molecule has 6 heteroatoms. The number of methoxy groups -OCH3 is 1. The smallest absolute Gasteiger partial charge is 0.337 e. The average molecular weight is 333 g/mol. The first-order chi connectivity index (χ1) is 10.7. The summed E-state index contributed by atoms with van der Waals surface area (Å²) in [4.78, 5) is 15.7. The van der Waals surface area contributed by atoms with Crippen molar-refractivity contribution in [2.45, 2.75) is 6.54 Å². The molecule has 0 aliphatic rings. The molecule has 5 nitrogen and oxygen atoms in total. The second-order valence-electron chi connectivity index (χ2n) is 4.98. The zero-order valence-electron chi connectivity index (χ0n) is 12.6. The van der Waals surface area contributed by atoms with E-state index in [-0.39, 0.29) is 12.4 Å². The molecule has 0 atom stereocenters. The van der Waals surface area contributed by atoms with E-state index in [2.05, 4.69) is 4.98 Å². The van der Waals surface area contributed by atoms with Crippen molar-refractivity contribution in [2.24, 2.45) is 0 Å². The lowest BCUT2D eigenvalue weighted by Crippen LogP contribution is -2.02. The topological polar surface area (TPSA) is 64.3 Å². The molecule has 0 aliphatic carbocycles. The molecule has 0 spiro atoms. The highest BCUT2D eigenvalue weighted by molar-refractivity contribution is 6.09. The third kappa shape index (κ3) is 3.21. The van der Waals surface area contributed by atoms with Gasteiger partial charge in [0.15, 0.2) is 0 Å². The number of hydrogen-bond donors (Lipinski definition) is 1. The first-order valence-corrected chi connectivity index (χ1v) is 6.97. The second-order valence-corrected chi connectivity index (χ2v) is 4.98. The van der Waals surface area contributed by atoms with E-state index in [9.17, 15) is 9.90 Å². The highest BCUT2D eigenvalue weighted by atomic mass is 35.5. The zero-order chi connectivity index (χ0) is 15.5. The summed E-state index contributed by atoms with van der Waals surface area (Å²) in [5.41, 5.74) is 2.96. The molecule has 0 unspecified atom stereocenters. The molecule has 0 amide bonds. The van der Waals surface area contributed by atoms with Crippen molar-refractivity contribution in [3.05, 3.63) is 54.5 Å². The highest BCUT2D eigenvalue weighted by Crippen LogP contribution is 2.32. The van der Waals surface area contributed by atoms with E-state index in [4.69, 9.17) is 4.74 Å². The van der Waals surface area contributed by atoms with Crippen molar-refractivity contribution in [3.63, 3.8) is 0 Å². The normalized spacial score (nSPS) is 10.5. The number of fused-ring (bicyclic) bond motifs is 1. The fraction of sp³-hybridized carbons (Fsp3) is 0.176. The van der Waals surface area contributed by atoms with Crippen molar-refractivity contribution in [1.29, 1.82) is 0 Å². The van der Waals surface area contributed by atoms with Crippen LogP contribution < -0.4 is 0 Å².